The second-order valence-electron chi connectivity index (χ2n) is 8.80. The van der Waals surface area contributed by atoms with Gasteiger partial charge in [-0.15, -0.1) is 0 Å². The van der Waals surface area contributed by atoms with Crippen LogP contribution >= 0.6 is 11.6 Å². The first kappa shape index (κ1) is 20.7. The van der Waals surface area contributed by atoms with Gasteiger partial charge in [-0.2, -0.15) is 0 Å². The van der Waals surface area contributed by atoms with Gasteiger partial charge in [0.1, 0.15) is 5.60 Å². The van der Waals surface area contributed by atoms with Crippen molar-refractivity contribution in [2.45, 2.75) is 72.1 Å². The molecular formula is C22H29ClN2O3. The number of likely N-dealkylation sites (tertiary alicyclic amines) is 1. The van der Waals surface area contributed by atoms with E-state index in [9.17, 15) is 9.59 Å². The second-order valence-corrected chi connectivity index (χ2v) is 9.23. The first-order valence-electron chi connectivity index (χ1n) is 9.85. The van der Waals surface area contributed by atoms with Gasteiger partial charge in [-0.3, -0.25) is 9.69 Å². The van der Waals surface area contributed by atoms with Crippen molar-refractivity contribution in [1.29, 1.82) is 0 Å². The van der Waals surface area contributed by atoms with Crippen LogP contribution in [0.25, 0.3) is 10.9 Å². The van der Waals surface area contributed by atoms with Crippen molar-refractivity contribution < 1.29 is 9.53 Å². The Morgan fingerprint density at radius 2 is 1.96 bits per heavy atom. The minimum absolute atomic E-state index is 0.00500. The third-order valence-corrected chi connectivity index (χ3v) is 5.40. The van der Waals surface area contributed by atoms with Crippen LogP contribution in [0.5, 0.6) is 0 Å². The lowest BCUT2D eigenvalue weighted by Crippen LogP contribution is -2.38. The first-order chi connectivity index (χ1) is 13.0. The lowest BCUT2D eigenvalue weighted by atomic mass is 10.0. The van der Waals surface area contributed by atoms with E-state index >= 15 is 0 Å². The Labute approximate surface area is 171 Å². The van der Waals surface area contributed by atoms with Crippen LogP contribution in [0.4, 0.5) is 4.79 Å². The van der Waals surface area contributed by atoms with E-state index < -0.39 is 5.60 Å². The Hall–Kier alpha value is -2.01. The highest BCUT2D eigenvalue weighted by Gasteiger charge is 2.36. The number of hydrogen-bond acceptors (Lipinski definition) is 3. The number of carbonyl (C=O) groups excluding carboxylic acids is 1. The second kappa shape index (κ2) is 7.43. The first-order valence-corrected chi connectivity index (χ1v) is 10.2. The number of fused-ring (bicyclic) bond motifs is 1. The van der Waals surface area contributed by atoms with Crippen LogP contribution in [0.2, 0.25) is 5.02 Å². The summed E-state index contributed by atoms with van der Waals surface area (Å²) in [6, 6.07) is 5.30. The summed E-state index contributed by atoms with van der Waals surface area (Å²) in [5.74, 6) is 0. The van der Waals surface area contributed by atoms with Gasteiger partial charge in [0, 0.05) is 34.3 Å². The lowest BCUT2D eigenvalue weighted by Gasteiger charge is -2.32. The number of benzene rings is 1. The highest BCUT2D eigenvalue weighted by Crippen LogP contribution is 2.37. The molecule has 28 heavy (non-hydrogen) atoms. The minimum Gasteiger partial charge on any atom is -0.444 e. The molecule has 1 unspecified atom stereocenters. The molecule has 1 aromatic heterocycles. The predicted octanol–water partition coefficient (Wildman–Crippen LogP) is 5.62. The van der Waals surface area contributed by atoms with Gasteiger partial charge in [0.05, 0.1) is 11.6 Å². The SMILES string of the molecule is Cc1c(C2CCCN2C(=O)OC(C)(C)C)n(C(C)C)c2cc(Cl)ccc2c1=O. The van der Waals surface area contributed by atoms with Gasteiger partial charge < -0.3 is 9.30 Å². The number of halogens is 1. The molecule has 1 aromatic carbocycles. The van der Waals surface area contributed by atoms with E-state index in [1.807, 2.05) is 33.8 Å². The predicted molar refractivity (Wildman–Crippen MR) is 113 cm³/mol. The molecule has 5 nitrogen and oxygen atoms in total. The Morgan fingerprint density at radius 3 is 2.57 bits per heavy atom. The Kier molecular flexibility index (Phi) is 5.50. The Balaban J connectivity index is 2.21. The average molecular weight is 405 g/mol. The summed E-state index contributed by atoms with van der Waals surface area (Å²) in [6.45, 7) is 12.2. The molecule has 3 rings (SSSR count). The Morgan fingerprint density at radius 1 is 1.29 bits per heavy atom. The number of rotatable bonds is 2. The maximum atomic E-state index is 13.1. The van der Waals surface area contributed by atoms with Gasteiger partial charge in [-0.1, -0.05) is 11.6 Å². The van der Waals surface area contributed by atoms with Crippen molar-refractivity contribution in [3.63, 3.8) is 0 Å². The standard InChI is InChI=1S/C22H29ClN2O3/c1-13(2)25-18-12-15(23)9-10-16(18)20(26)14(3)19(25)17-8-7-11-24(17)21(27)28-22(4,5)6/h9-10,12-13,17H,7-8,11H2,1-6H3. The van der Waals surface area contributed by atoms with Crippen LogP contribution in [0, 0.1) is 6.92 Å². The van der Waals surface area contributed by atoms with Crippen LogP contribution < -0.4 is 5.43 Å². The van der Waals surface area contributed by atoms with Crippen molar-refractivity contribution in [1.82, 2.24) is 9.47 Å². The summed E-state index contributed by atoms with van der Waals surface area (Å²) >= 11 is 6.25. The van der Waals surface area contributed by atoms with E-state index in [1.165, 1.54) is 0 Å². The van der Waals surface area contributed by atoms with E-state index in [0.29, 0.717) is 22.5 Å². The molecule has 0 saturated carbocycles. The van der Waals surface area contributed by atoms with Gasteiger partial charge in [-0.25, -0.2) is 4.79 Å². The molecule has 2 aromatic rings. The lowest BCUT2D eigenvalue weighted by molar-refractivity contribution is 0.0218. The average Bonchev–Trinajstić information content (AvgIpc) is 3.05. The van der Waals surface area contributed by atoms with Crippen LogP contribution in [0.3, 0.4) is 0 Å². The van der Waals surface area contributed by atoms with Gasteiger partial charge in [0.15, 0.2) is 5.43 Å². The molecule has 1 atom stereocenters. The quantitative estimate of drug-likeness (QED) is 0.653. The number of nitrogens with zero attached hydrogens (tertiary/aromatic N) is 2. The normalized spacial score (nSPS) is 17.6. The van der Waals surface area contributed by atoms with Crippen molar-refractivity contribution in [2.24, 2.45) is 0 Å². The molecule has 0 radical (unpaired) electrons. The maximum Gasteiger partial charge on any atom is 0.410 e. The van der Waals surface area contributed by atoms with E-state index in [-0.39, 0.29) is 23.6 Å². The van der Waals surface area contributed by atoms with E-state index in [2.05, 4.69) is 18.4 Å². The Bertz CT molecular complexity index is 972. The number of amides is 1. The number of carbonyl (C=O) groups is 1. The largest absolute Gasteiger partial charge is 0.444 e. The summed E-state index contributed by atoms with van der Waals surface area (Å²) in [5.41, 5.74) is 1.81. The molecule has 1 fully saturated rings. The molecule has 0 spiro atoms. The van der Waals surface area contributed by atoms with Crippen LogP contribution in [-0.2, 0) is 4.74 Å². The van der Waals surface area contributed by atoms with Gasteiger partial charge >= 0.3 is 6.09 Å². The molecular weight excluding hydrogens is 376 g/mol. The molecule has 6 heteroatoms. The molecule has 2 heterocycles. The smallest absolute Gasteiger partial charge is 0.410 e. The number of hydrogen-bond donors (Lipinski definition) is 0. The third-order valence-electron chi connectivity index (χ3n) is 5.16. The molecule has 1 saturated heterocycles. The summed E-state index contributed by atoms with van der Waals surface area (Å²) in [7, 11) is 0. The topological polar surface area (TPSA) is 51.5 Å². The highest BCUT2D eigenvalue weighted by atomic mass is 35.5. The van der Waals surface area contributed by atoms with Gasteiger partial charge in [0.2, 0.25) is 0 Å². The molecule has 152 valence electrons. The molecule has 1 aliphatic heterocycles. The molecule has 0 aliphatic carbocycles. The number of aromatic nitrogens is 1. The third kappa shape index (κ3) is 3.77. The van der Waals surface area contributed by atoms with E-state index in [0.717, 1.165) is 24.1 Å². The van der Waals surface area contributed by atoms with Crippen molar-refractivity contribution in [2.75, 3.05) is 6.54 Å². The molecule has 0 bridgehead atoms. The van der Waals surface area contributed by atoms with E-state index in [4.69, 9.17) is 16.3 Å². The van der Waals surface area contributed by atoms with Crippen LogP contribution in [0.15, 0.2) is 23.0 Å². The fourth-order valence-electron chi connectivity index (χ4n) is 4.08. The number of ether oxygens (including phenoxy) is 1. The van der Waals surface area contributed by atoms with Crippen molar-refractivity contribution >= 4 is 28.6 Å². The highest BCUT2D eigenvalue weighted by molar-refractivity contribution is 6.31. The zero-order valence-corrected chi connectivity index (χ0v) is 18.3. The van der Waals surface area contributed by atoms with Crippen molar-refractivity contribution in [3.05, 3.63) is 44.7 Å². The molecule has 1 amide bonds. The van der Waals surface area contributed by atoms with Crippen molar-refractivity contribution in [3.8, 4) is 0 Å². The van der Waals surface area contributed by atoms with Gasteiger partial charge in [0.25, 0.3) is 0 Å². The number of pyridine rings is 1. The molecule has 1 aliphatic rings. The monoisotopic (exact) mass is 404 g/mol. The fraction of sp³-hybridized carbons (Fsp3) is 0.545. The zero-order chi connectivity index (χ0) is 20.8. The zero-order valence-electron chi connectivity index (χ0n) is 17.5. The summed E-state index contributed by atoms with van der Waals surface area (Å²) < 4.78 is 7.79. The minimum atomic E-state index is -0.562. The van der Waals surface area contributed by atoms with Crippen LogP contribution in [-0.4, -0.2) is 27.7 Å². The molecule has 0 N–H and O–H groups in total. The van der Waals surface area contributed by atoms with Gasteiger partial charge in [-0.05, 0) is 72.6 Å². The fourth-order valence-corrected chi connectivity index (χ4v) is 4.25. The summed E-state index contributed by atoms with van der Waals surface area (Å²) in [4.78, 5) is 27.7. The van der Waals surface area contributed by atoms with Crippen LogP contribution in [0.1, 0.15) is 70.8 Å². The van der Waals surface area contributed by atoms with E-state index in [1.54, 1.807) is 17.0 Å². The summed E-state index contributed by atoms with van der Waals surface area (Å²) in [6.07, 6.45) is 1.35. The maximum absolute atomic E-state index is 13.1. The summed E-state index contributed by atoms with van der Waals surface area (Å²) in [5, 5.41) is 1.24.